The number of carbonyl (C=O) groups excluding carboxylic acids is 2. The van der Waals surface area contributed by atoms with E-state index >= 15 is 0 Å². The van der Waals surface area contributed by atoms with Crippen LogP contribution in [0.5, 0.6) is 5.75 Å². The number of rotatable bonds is 5. The second-order valence-electron chi connectivity index (χ2n) is 6.02. The molecule has 0 saturated heterocycles. The van der Waals surface area contributed by atoms with Gasteiger partial charge in [-0.1, -0.05) is 24.3 Å². The molecule has 3 rings (SSSR count). The molecule has 2 amide bonds. The van der Waals surface area contributed by atoms with Gasteiger partial charge in [-0.2, -0.15) is 8.78 Å². The van der Waals surface area contributed by atoms with Crippen LogP contribution in [0.25, 0.3) is 0 Å². The number of hydrogen-bond acceptors (Lipinski definition) is 3. The van der Waals surface area contributed by atoms with Gasteiger partial charge in [0.05, 0.1) is 7.11 Å². The van der Waals surface area contributed by atoms with Gasteiger partial charge >= 0.3 is 0 Å². The molecule has 0 atom stereocenters. The number of methoxy groups -OCH3 is 1. The molecule has 2 N–H and O–H groups in total. The molecule has 0 radical (unpaired) electrons. The normalized spacial score (nSPS) is 10.4. The molecule has 0 aliphatic carbocycles. The molecule has 0 aliphatic rings. The van der Waals surface area contributed by atoms with E-state index in [0.29, 0.717) is 5.56 Å². The quantitative estimate of drug-likeness (QED) is 0.464. The van der Waals surface area contributed by atoms with Crippen LogP contribution in [-0.4, -0.2) is 18.9 Å². The zero-order valence-electron chi connectivity index (χ0n) is 15.4. The van der Waals surface area contributed by atoms with Gasteiger partial charge < -0.3 is 15.4 Å². The van der Waals surface area contributed by atoms with Crippen LogP contribution in [0, 0.1) is 23.3 Å². The van der Waals surface area contributed by atoms with Crippen LogP contribution >= 0.6 is 0 Å². The van der Waals surface area contributed by atoms with E-state index in [-0.39, 0.29) is 11.4 Å². The first-order valence-corrected chi connectivity index (χ1v) is 8.51. The first kappa shape index (κ1) is 20.8. The summed E-state index contributed by atoms with van der Waals surface area (Å²) in [5.74, 6) is -10.6. The lowest BCUT2D eigenvalue weighted by Crippen LogP contribution is -2.19. The van der Waals surface area contributed by atoms with Crippen molar-refractivity contribution in [3.8, 4) is 5.75 Å². The van der Waals surface area contributed by atoms with Gasteiger partial charge in [-0.05, 0) is 30.3 Å². The molecule has 0 unspecified atom stereocenters. The third-order valence-electron chi connectivity index (χ3n) is 4.07. The summed E-state index contributed by atoms with van der Waals surface area (Å²) in [6, 6.07) is 14.0. The minimum Gasteiger partial charge on any atom is -0.491 e. The van der Waals surface area contributed by atoms with Crippen molar-refractivity contribution in [2.45, 2.75) is 0 Å². The van der Waals surface area contributed by atoms with Gasteiger partial charge in [-0.25, -0.2) is 8.78 Å². The molecule has 0 heterocycles. The van der Waals surface area contributed by atoms with Crippen molar-refractivity contribution in [1.29, 1.82) is 0 Å². The van der Waals surface area contributed by atoms with Crippen molar-refractivity contribution in [2.75, 3.05) is 17.7 Å². The van der Waals surface area contributed by atoms with E-state index in [2.05, 4.69) is 15.4 Å². The number of nitrogens with one attached hydrogen (secondary N) is 2. The molecular formula is C21H14F4N2O3. The number of ether oxygens (including phenoxy) is 1. The van der Waals surface area contributed by atoms with Gasteiger partial charge in [0.15, 0.2) is 17.4 Å². The molecule has 3 aromatic carbocycles. The van der Waals surface area contributed by atoms with Crippen LogP contribution in [0.1, 0.15) is 20.7 Å². The summed E-state index contributed by atoms with van der Waals surface area (Å²) in [5.41, 5.74) is -0.749. The fourth-order valence-electron chi connectivity index (χ4n) is 2.65. The minimum atomic E-state index is -1.89. The van der Waals surface area contributed by atoms with Crippen molar-refractivity contribution < 1.29 is 31.9 Å². The van der Waals surface area contributed by atoms with E-state index in [1.54, 1.807) is 30.3 Å². The Bertz CT molecular complexity index is 1090. The van der Waals surface area contributed by atoms with Gasteiger partial charge in [-0.3, -0.25) is 9.59 Å². The van der Waals surface area contributed by atoms with Crippen LogP contribution in [0.2, 0.25) is 0 Å². The van der Waals surface area contributed by atoms with Gasteiger partial charge in [-0.15, -0.1) is 0 Å². The fourth-order valence-corrected chi connectivity index (χ4v) is 2.65. The summed E-state index contributed by atoms with van der Waals surface area (Å²) in [6.07, 6.45) is 0. The maximum Gasteiger partial charge on any atom is 0.261 e. The monoisotopic (exact) mass is 418 g/mol. The van der Waals surface area contributed by atoms with E-state index < -0.39 is 46.4 Å². The Morgan fingerprint density at radius 3 is 1.80 bits per heavy atom. The van der Waals surface area contributed by atoms with Crippen molar-refractivity contribution >= 4 is 23.2 Å². The predicted octanol–water partition coefficient (Wildman–Crippen LogP) is 4.76. The Hall–Kier alpha value is -3.88. The van der Waals surface area contributed by atoms with Crippen molar-refractivity contribution in [3.63, 3.8) is 0 Å². The molecule has 0 saturated carbocycles. The maximum absolute atomic E-state index is 14.1. The van der Waals surface area contributed by atoms with Gasteiger partial charge in [0, 0.05) is 16.9 Å². The second kappa shape index (κ2) is 8.64. The van der Waals surface area contributed by atoms with Crippen LogP contribution < -0.4 is 15.4 Å². The van der Waals surface area contributed by atoms with E-state index in [1.807, 2.05) is 0 Å². The highest BCUT2D eigenvalue weighted by atomic mass is 19.2. The Balaban J connectivity index is 1.83. The standard InChI is InChI=1S/C21H14F4N2O3/c1-30-19-17(24)15(22)14(16(23)18(19)25)21(29)27-13-9-5-8-12(10-13)26-20(28)11-6-3-2-4-7-11/h2-10H,1H3,(H,26,28)(H,27,29). The van der Waals surface area contributed by atoms with Crippen molar-refractivity contribution in [2.24, 2.45) is 0 Å². The first-order chi connectivity index (χ1) is 14.3. The zero-order chi connectivity index (χ0) is 21.8. The lowest BCUT2D eigenvalue weighted by atomic mass is 10.1. The van der Waals surface area contributed by atoms with Gasteiger partial charge in [0.1, 0.15) is 5.56 Å². The maximum atomic E-state index is 14.1. The molecule has 30 heavy (non-hydrogen) atoms. The minimum absolute atomic E-state index is 0.0290. The topological polar surface area (TPSA) is 67.4 Å². The van der Waals surface area contributed by atoms with E-state index in [1.165, 1.54) is 24.3 Å². The zero-order valence-corrected chi connectivity index (χ0v) is 15.4. The van der Waals surface area contributed by atoms with Gasteiger partial charge in [0.2, 0.25) is 11.6 Å². The molecule has 154 valence electrons. The largest absolute Gasteiger partial charge is 0.491 e. The molecule has 5 nitrogen and oxygen atoms in total. The Morgan fingerprint density at radius 2 is 1.27 bits per heavy atom. The lowest BCUT2D eigenvalue weighted by molar-refractivity contribution is 0.101. The first-order valence-electron chi connectivity index (χ1n) is 8.51. The third-order valence-corrected chi connectivity index (χ3v) is 4.07. The predicted molar refractivity (Wildman–Crippen MR) is 102 cm³/mol. The smallest absolute Gasteiger partial charge is 0.261 e. The Kier molecular flexibility index (Phi) is 6.01. The molecule has 0 bridgehead atoms. The number of hydrogen-bond donors (Lipinski definition) is 2. The molecule has 0 aliphatic heterocycles. The van der Waals surface area contributed by atoms with Crippen molar-refractivity contribution in [1.82, 2.24) is 0 Å². The summed E-state index contributed by atoms with van der Waals surface area (Å²) >= 11 is 0. The van der Waals surface area contributed by atoms with Crippen LogP contribution in [-0.2, 0) is 0 Å². The molecular weight excluding hydrogens is 404 g/mol. The number of amides is 2. The molecule has 9 heteroatoms. The average molecular weight is 418 g/mol. The Morgan fingerprint density at radius 1 is 0.733 bits per heavy atom. The van der Waals surface area contributed by atoms with Crippen LogP contribution in [0.4, 0.5) is 28.9 Å². The van der Waals surface area contributed by atoms with Crippen LogP contribution in [0.3, 0.4) is 0 Å². The summed E-state index contributed by atoms with van der Waals surface area (Å²) < 4.78 is 60.2. The molecule has 3 aromatic rings. The SMILES string of the molecule is COc1c(F)c(F)c(C(=O)Nc2cccc(NC(=O)c3ccccc3)c2)c(F)c1F. The van der Waals surface area contributed by atoms with E-state index in [9.17, 15) is 27.2 Å². The number of anilines is 2. The summed E-state index contributed by atoms with van der Waals surface area (Å²) in [4.78, 5) is 24.5. The summed E-state index contributed by atoms with van der Waals surface area (Å²) in [6.45, 7) is 0. The molecule has 0 spiro atoms. The number of carbonyl (C=O) groups is 2. The highest BCUT2D eigenvalue weighted by Crippen LogP contribution is 2.30. The van der Waals surface area contributed by atoms with Crippen molar-refractivity contribution in [3.05, 3.63) is 89.0 Å². The third kappa shape index (κ3) is 4.09. The van der Waals surface area contributed by atoms with E-state index in [4.69, 9.17) is 0 Å². The fraction of sp³-hybridized carbons (Fsp3) is 0.0476. The van der Waals surface area contributed by atoms with Crippen LogP contribution in [0.15, 0.2) is 54.6 Å². The Labute approximate surface area is 168 Å². The second-order valence-corrected chi connectivity index (χ2v) is 6.02. The van der Waals surface area contributed by atoms with E-state index in [0.717, 1.165) is 7.11 Å². The molecule has 0 fully saturated rings. The highest BCUT2D eigenvalue weighted by Gasteiger charge is 2.30. The molecule has 0 aromatic heterocycles. The summed E-state index contributed by atoms with van der Waals surface area (Å²) in [7, 11) is 0.829. The average Bonchev–Trinajstić information content (AvgIpc) is 2.74. The summed E-state index contributed by atoms with van der Waals surface area (Å²) in [5, 5.41) is 4.73. The highest BCUT2D eigenvalue weighted by molar-refractivity contribution is 6.06. The van der Waals surface area contributed by atoms with Gasteiger partial charge in [0.25, 0.3) is 11.8 Å². The number of halogens is 4. The lowest BCUT2D eigenvalue weighted by Gasteiger charge is -2.12. The number of benzene rings is 3.